The van der Waals surface area contributed by atoms with Crippen LogP contribution < -0.4 is 21.3 Å². The number of nitrogens with zero attached hydrogens (tertiary/aromatic N) is 4. The second-order valence-electron chi connectivity index (χ2n) is 22.0. The fourth-order valence-electron chi connectivity index (χ4n) is 12.7. The minimum absolute atomic E-state index is 0.00493. The van der Waals surface area contributed by atoms with Gasteiger partial charge in [0.1, 0.15) is 45.7 Å². The van der Waals surface area contributed by atoms with Gasteiger partial charge in [-0.25, -0.2) is 0 Å². The van der Waals surface area contributed by atoms with Crippen molar-refractivity contribution in [1.82, 2.24) is 9.80 Å². The third-order valence-electron chi connectivity index (χ3n) is 16.4. The summed E-state index contributed by atoms with van der Waals surface area (Å²) in [6, 6.07) is 8.02. The zero-order chi connectivity index (χ0) is 59.4. The van der Waals surface area contributed by atoms with Crippen LogP contribution in [0.25, 0.3) is 11.5 Å². The smallest absolute Gasteiger partial charge is 0.255 e. The predicted octanol–water partition coefficient (Wildman–Crippen LogP) is 2.89. The van der Waals surface area contributed by atoms with Gasteiger partial charge in [-0.2, -0.15) is 0 Å². The van der Waals surface area contributed by atoms with Crippen LogP contribution in [-0.2, 0) is 41.6 Å². The Kier molecular flexibility index (Phi) is 15.1. The van der Waals surface area contributed by atoms with E-state index in [9.17, 15) is 79.2 Å². The number of aliphatic hydroxyl groups excluding tert-OH is 4. The molecule has 6 aliphatic rings. The molecule has 2 fully saturated rings. The largest absolute Gasteiger partial charge is 0.508 e. The number of anilines is 2. The summed E-state index contributed by atoms with van der Waals surface area (Å²) in [6.45, 7) is 3.54. The molecule has 6 aliphatic carbocycles. The first-order valence-corrected chi connectivity index (χ1v) is 26.4. The van der Waals surface area contributed by atoms with E-state index in [0.29, 0.717) is 27.4 Å². The summed E-state index contributed by atoms with van der Waals surface area (Å²) in [7, 11) is 13.1. The van der Waals surface area contributed by atoms with Crippen molar-refractivity contribution < 1.29 is 79.2 Å². The number of Topliss-reactive ketones (excluding diaryl/α,β-unsaturated/α-hetero) is 5. The average Bonchev–Trinajstić information content (AvgIpc) is 2.87. The summed E-state index contributed by atoms with van der Waals surface area (Å²) in [5.41, 5.74) is 5.74. The molecule has 2 amide bonds. The quantitative estimate of drug-likeness (QED) is 0.0792. The molecule has 0 heterocycles. The highest BCUT2D eigenvalue weighted by Gasteiger charge is 2.66. The number of hydrogen-bond donors (Lipinski definition) is 10. The molecular weight excluding hydrogens is 1060 g/mol. The van der Waals surface area contributed by atoms with Crippen LogP contribution in [0.4, 0.5) is 11.4 Å². The number of nitrogens with two attached hydrogens (primary N) is 2. The van der Waals surface area contributed by atoms with Crippen molar-refractivity contribution in [3.05, 3.63) is 109 Å². The highest BCUT2D eigenvalue weighted by atomic mass is 32.2. The van der Waals surface area contributed by atoms with Gasteiger partial charge in [-0.15, -0.1) is 0 Å². The Morgan fingerprint density at radius 3 is 1.34 bits per heavy atom. The Hall–Kier alpha value is -7.83. The fraction of sp³-hybridized carbons (Fsp3) is 0.404. The molecule has 12 N–H and O–H groups in total. The number of primary amides is 2. The first kappa shape index (κ1) is 58.3. The number of aryl methyl sites for hydroxylation is 1. The number of aromatic hydroxyl groups is 2. The molecule has 22 nitrogen and oxygen atoms in total. The van der Waals surface area contributed by atoms with Crippen LogP contribution in [0, 0.1) is 30.6 Å². The SMILES string of the molecule is CCC(=O)c1cc(N(C)C)c2c(c1O)C(O)=C1C(=O)[C@]3(O)C(O)=C(C(N)=O)C(=O)[C@@H](N(C)C)C3CC1C2.Cc1ccc(SC(=O)c2cc(N(C)C)c3c(c2O)C(O)=C2C(=O)[C@]4(O)C(O)=C(C(N)=O)C(=O)[C@@H](N(C)C)C4CC2C3)cc1. The lowest BCUT2D eigenvalue weighted by atomic mass is 9.57. The molecule has 9 rings (SSSR count). The number of hydrogen-bond acceptors (Lipinski definition) is 21. The van der Waals surface area contributed by atoms with Gasteiger partial charge in [0.15, 0.2) is 28.6 Å². The number of aliphatic hydroxyl groups is 6. The number of thioether (sulfide) groups is 1. The number of benzene rings is 3. The van der Waals surface area contributed by atoms with Gasteiger partial charge >= 0.3 is 0 Å². The molecule has 4 unspecified atom stereocenters. The van der Waals surface area contributed by atoms with Gasteiger partial charge in [-0.05, 0) is 120 Å². The summed E-state index contributed by atoms with van der Waals surface area (Å²) in [4.78, 5) is 112. The van der Waals surface area contributed by atoms with E-state index in [2.05, 4.69) is 0 Å². The van der Waals surface area contributed by atoms with Crippen LogP contribution in [0.5, 0.6) is 11.5 Å². The number of ketones is 5. The monoisotopic (exact) mass is 1120 g/mol. The van der Waals surface area contributed by atoms with Crippen molar-refractivity contribution >= 4 is 80.5 Å². The minimum atomic E-state index is -2.74. The molecule has 0 aliphatic heterocycles. The molecule has 424 valence electrons. The van der Waals surface area contributed by atoms with Gasteiger partial charge in [0.05, 0.1) is 34.3 Å². The highest BCUT2D eigenvalue weighted by molar-refractivity contribution is 8.14. The molecule has 23 heteroatoms. The van der Waals surface area contributed by atoms with Gasteiger partial charge < -0.3 is 62.1 Å². The Morgan fingerprint density at radius 2 is 0.988 bits per heavy atom. The summed E-state index contributed by atoms with van der Waals surface area (Å²) in [6.07, 6.45) is 0.331. The maximum Gasteiger partial charge on any atom is 0.255 e. The van der Waals surface area contributed by atoms with E-state index in [-0.39, 0.29) is 71.3 Å². The molecule has 0 bridgehead atoms. The first-order valence-electron chi connectivity index (χ1n) is 25.5. The normalized spacial score (nSPS) is 26.0. The zero-order valence-corrected chi connectivity index (χ0v) is 46.5. The van der Waals surface area contributed by atoms with E-state index in [0.717, 1.165) is 17.3 Å². The third kappa shape index (κ3) is 8.72. The van der Waals surface area contributed by atoms with Crippen molar-refractivity contribution in [3.8, 4) is 11.5 Å². The Labute approximate surface area is 463 Å². The lowest BCUT2D eigenvalue weighted by molar-refractivity contribution is -0.155. The second kappa shape index (κ2) is 20.7. The molecule has 0 radical (unpaired) electrons. The van der Waals surface area contributed by atoms with Crippen molar-refractivity contribution in [3.63, 3.8) is 0 Å². The zero-order valence-electron chi connectivity index (χ0n) is 45.7. The van der Waals surface area contributed by atoms with Crippen LogP contribution in [0.3, 0.4) is 0 Å². The van der Waals surface area contributed by atoms with Crippen molar-refractivity contribution in [2.24, 2.45) is 35.1 Å². The van der Waals surface area contributed by atoms with Crippen LogP contribution in [0.2, 0.25) is 0 Å². The molecule has 80 heavy (non-hydrogen) atoms. The third-order valence-corrected chi connectivity index (χ3v) is 17.3. The van der Waals surface area contributed by atoms with E-state index in [4.69, 9.17) is 11.5 Å². The maximum absolute atomic E-state index is 14.1. The van der Waals surface area contributed by atoms with Crippen LogP contribution in [-0.4, -0.2) is 176 Å². The number of rotatable bonds is 10. The lowest BCUT2D eigenvalue weighted by Gasteiger charge is -2.50. The maximum atomic E-state index is 14.1. The topological polar surface area (TPSA) is 363 Å². The van der Waals surface area contributed by atoms with Gasteiger partial charge in [-0.3, -0.25) is 48.2 Å². The number of fused-ring (bicyclic) bond motifs is 6. The molecule has 3 aromatic carbocycles. The average molecular weight is 1120 g/mol. The lowest BCUT2D eigenvalue weighted by Crippen LogP contribution is -2.65. The van der Waals surface area contributed by atoms with E-state index in [1.54, 1.807) is 91.3 Å². The molecule has 8 atom stereocenters. The number of carbonyl (C=O) groups is 8. The number of carbonyl (C=O) groups excluding carboxylic acids is 8. The van der Waals surface area contributed by atoms with Crippen molar-refractivity contribution in [1.29, 1.82) is 0 Å². The van der Waals surface area contributed by atoms with E-state index in [1.165, 1.54) is 15.9 Å². The summed E-state index contributed by atoms with van der Waals surface area (Å²) in [5.74, 6) is -15.1. The summed E-state index contributed by atoms with van der Waals surface area (Å²) < 4.78 is 0. The number of phenols is 2. The number of amides is 2. The van der Waals surface area contributed by atoms with Crippen molar-refractivity contribution in [2.75, 3.05) is 66.2 Å². The number of likely N-dealkylation sites (N-methyl/N-ethyl adjacent to an activating group) is 2. The molecule has 3 aromatic rings. The van der Waals surface area contributed by atoms with E-state index < -0.39 is 133 Å². The number of phenolic OH excluding ortho intramolecular Hbond substituents is 2. The molecule has 0 aromatic heterocycles. The Morgan fingerprint density at radius 1 is 0.613 bits per heavy atom. The van der Waals surface area contributed by atoms with E-state index in [1.807, 2.05) is 19.1 Å². The van der Waals surface area contributed by atoms with Gasteiger partial charge in [0, 0.05) is 73.9 Å². The minimum Gasteiger partial charge on any atom is -0.508 e. The van der Waals surface area contributed by atoms with Crippen LogP contribution in [0.1, 0.15) is 74.7 Å². The van der Waals surface area contributed by atoms with Gasteiger partial charge in [0.2, 0.25) is 16.7 Å². The predicted molar refractivity (Wildman–Crippen MR) is 293 cm³/mol. The second-order valence-corrected chi connectivity index (χ2v) is 23.0. The highest BCUT2D eigenvalue weighted by Crippen LogP contribution is 2.56. The Bertz CT molecular complexity index is 3430. The van der Waals surface area contributed by atoms with Gasteiger partial charge in [0.25, 0.3) is 11.8 Å². The molecular formula is C57H64N6O16S. The standard InChI is InChI=1S/C31H33N3O8S.C26H31N3O8/c1-13-6-8-15(9-7-13)43-30(41)17-12-19(33(2)3)16-10-14-11-18-23(34(4)5)26(37)22(29(32)40)28(39)31(18,42)27(38)20(14)25(36)21(16)24(17)35;1-6-15(30)12-9-14(28(2)3)11-7-10-8-13-19(29(4)5)22(33)18(25(27)36)24(35)26(13,37)23(34)16(10)21(32)17(11)20(12)31/h6-9,12,14,18,23,35-36,39,42H,10-11H2,1-5H3,(H2,32,40);9-10,13,19,31-32,35,37H,6-8H2,1-5H3,(H2,27,36)/t14?,18?,23-,31-;10?,13?,19-,26-/m00/s1. The Balaban J connectivity index is 0.000000213. The van der Waals surface area contributed by atoms with Crippen LogP contribution in [0.15, 0.2) is 75.1 Å². The molecule has 2 saturated carbocycles. The fourth-order valence-corrected chi connectivity index (χ4v) is 13.5. The summed E-state index contributed by atoms with van der Waals surface area (Å²) >= 11 is 0.894. The van der Waals surface area contributed by atoms with E-state index >= 15 is 0 Å². The molecule has 0 saturated heterocycles. The van der Waals surface area contributed by atoms with Crippen molar-refractivity contribution in [2.45, 2.75) is 74.1 Å². The van der Waals surface area contributed by atoms with Gasteiger partial charge in [-0.1, -0.05) is 24.6 Å². The summed E-state index contributed by atoms with van der Waals surface area (Å²) in [5, 5.41) is 90.3. The first-order chi connectivity index (χ1) is 37.3. The molecule has 0 spiro atoms. The van der Waals surface area contributed by atoms with Crippen LogP contribution >= 0.6 is 11.8 Å².